The van der Waals surface area contributed by atoms with Crippen LogP contribution < -0.4 is 5.32 Å². The number of anilines is 1. The zero-order chi connectivity index (χ0) is 12.3. The van der Waals surface area contributed by atoms with Crippen LogP contribution in [-0.4, -0.2) is 16.5 Å². The van der Waals surface area contributed by atoms with E-state index in [0.29, 0.717) is 5.41 Å². The Bertz CT molecular complexity index is 391. The van der Waals surface area contributed by atoms with E-state index in [1.165, 1.54) is 32.1 Å². The van der Waals surface area contributed by atoms with E-state index in [4.69, 9.17) is 11.6 Å². The van der Waals surface area contributed by atoms with E-state index in [1.807, 2.05) is 0 Å². The first-order valence-electron chi connectivity index (χ1n) is 6.01. The predicted octanol–water partition coefficient (Wildman–Crippen LogP) is 4.27. The van der Waals surface area contributed by atoms with Gasteiger partial charge in [0.1, 0.15) is 5.82 Å². The molecule has 0 unspecified atom stereocenters. The Balaban J connectivity index is 1.99. The summed E-state index contributed by atoms with van der Waals surface area (Å²) in [4.78, 5) is 8.10. The standard InChI is InChI=1S/C12H17BrClN3/c1-12(5-3-2-4-6-12)8-16-10-9(13)7-15-11(14)17-10/h7H,2-6,8H2,1H3,(H,15,16,17). The summed E-state index contributed by atoms with van der Waals surface area (Å²) in [5.41, 5.74) is 0.384. The van der Waals surface area contributed by atoms with Crippen molar-refractivity contribution in [2.45, 2.75) is 39.0 Å². The van der Waals surface area contributed by atoms with Gasteiger partial charge < -0.3 is 5.32 Å². The Morgan fingerprint density at radius 2 is 2.12 bits per heavy atom. The minimum atomic E-state index is 0.282. The Morgan fingerprint density at radius 3 is 2.82 bits per heavy atom. The molecular weight excluding hydrogens is 302 g/mol. The summed E-state index contributed by atoms with van der Waals surface area (Å²) in [6, 6.07) is 0. The molecule has 0 radical (unpaired) electrons. The third kappa shape index (κ3) is 3.55. The molecule has 1 aromatic heterocycles. The molecule has 0 aliphatic heterocycles. The first kappa shape index (κ1) is 13.1. The molecule has 1 N–H and O–H groups in total. The maximum absolute atomic E-state index is 5.79. The molecule has 0 spiro atoms. The fourth-order valence-corrected chi connectivity index (χ4v) is 2.81. The van der Waals surface area contributed by atoms with Crippen molar-refractivity contribution in [1.82, 2.24) is 9.97 Å². The summed E-state index contributed by atoms with van der Waals surface area (Å²) >= 11 is 9.22. The van der Waals surface area contributed by atoms with E-state index in [9.17, 15) is 0 Å². The molecule has 0 atom stereocenters. The third-order valence-electron chi connectivity index (χ3n) is 3.46. The van der Waals surface area contributed by atoms with Gasteiger partial charge in [-0.05, 0) is 45.8 Å². The summed E-state index contributed by atoms with van der Waals surface area (Å²) in [6.07, 6.45) is 8.31. The summed E-state index contributed by atoms with van der Waals surface area (Å²) in [5.74, 6) is 0.789. The van der Waals surface area contributed by atoms with Crippen LogP contribution >= 0.6 is 27.5 Å². The second-order valence-electron chi connectivity index (χ2n) is 5.06. The van der Waals surface area contributed by atoms with Gasteiger partial charge in [0.15, 0.2) is 0 Å². The van der Waals surface area contributed by atoms with Crippen LogP contribution in [-0.2, 0) is 0 Å². The largest absolute Gasteiger partial charge is 0.368 e. The van der Waals surface area contributed by atoms with Crippen LogP contribution in [0.25, 0.3) is 0 Å². The number of hydrogen-bond donors (Lipinski definition) is 1. The van der Waals surface area contributed by atoms with Crippen LogP contribution in [0.2, 0.25) is 5.28 Å². The normalized spacial score (nSPS) is 19.0. The Labute approximate surface area is 116 Å². The Morgan fingerprint density at radius 1 is 1.41 bits per heavy atom. The number of rotatable bonds is 3. The summed E-state index contributed by atoms with van der Waals surface area (Å²) in [7, 11) is 0. The number of nitrogens with zero attached hydrogens (tertiary/aromatic N) is 2. The second-order valence-corrected chi connectivity index (χ2v) is 6.25. The van der Waals surface area contributed by atoms with Crippen molar-refractivity contribution in [3.05, 3.63) is 16.0 Å². The van der Waals surface area contributed by atoms with Crippen molar-refractivity contribution < 1.29 is 0 Å². The summed E-state index contributed by atoms with van der Waals surface area (Å²) in [5, 5.41) is 3.66. The molecule has 1 saturated carbocycles. The van der Waals surface area contributed by atoms with E-state index < -0.39 is 0 Å². The van der Waals surface area contributed by atoms with E-state index in [-0.39, 0.29) is 5.28 Å². The first-order valence-corrected chi connectivity index (χ1v) is 7.18. The summed E-state index contributed by atoms with van der Waals surface area (Å²) in [6.45, 7) is 3.29. The molecule has 0 bridgehead atoms. The first-order chi connectivity index (χ1) is 8.09. The van der Waals surface area contributed by atoms with E-state index in [0.717, 1.165) is 16.8 Å². The van der Waals surface area contributed by atoms with Crippen molar-refractivity contribution in [1.29, 1.82) is 0 Å². The molecule has 1 aliphatic rings. The smallest absolute Gasteiger partial charge is 0.224 e. The molecule has 5 heteroatoms. The number of hydrogen-bond acceptors (Lipinski definition) is 3. The lowest BCUT2D eigenvalue weighted by molar-refractivity contribution is 0.233. The molecule has 3 nitrogen and oxygen atoms in total. The van der Waals surface area contributed by atoms with Crippen molar-refractivity contribution in [2.75, 3.05) is 11.9 Å². The van der Waals surface area contributed by atoms with Crippen LogP contribution in [0.1, 0.15) is 39.0 Å². The summed E-state index contributed by atoms with van der Waals surface area (Å²) < 4.78 is 0.862. The molecule has 1 aromatic rings. The average molecular weight is 319 g/mol. The molecule has 1 heterocycles. The fourth-order valence-electron chi connectivity index (χ4n) is 2.35. The molecule has 2 rings (SSSR count). The van der Waals surface area contributed by atoms with Gasteiger partial charge >= 0.3 is 0 Å². The number of halogens is 2. The molecule has 94 valence electrons. The lowest BCUT2D eigenvalue weighted by Gasteiger charge is -2.33. The Kier molecular flexibility index (Phi) is 4.26. The lowest BCUT2D eigenvalue weighted by atomic mass is 9.76. The molecule has 0 aromatic carbocycles. The number of nitrogens with one attached hydrogen (secondary N) is 1. The van der Waals surface area contributed by atoms with Gasteiger partial charge in [0, 0.05) is 12.7 Å². The zero-order valence-corrected chi connectivity index (χ0v) is 12.3. The van der Waals surface area contributed by atoms with Gasteiger partial charge in [0.2, 0.25) is 5.28 Å². The monoisotopic (exact) mass is 317 g/mol. The zero-order valence-electron chi connectivity index (χ0n) is 9.97. The molecule has 0 saturated heterocycles. The topological polar surface area (TPSA) is 37.8 Å². The van der Waals surface area contributed by atoms with Gasteiger partial charge in [-0.15, -0.1) is 0 Å². The van der Waals surface area contributed by atoms with Crippen molar-refractivity contribution in [2.24, 2.45) is 5.41 Å². The van der Waals surface area contributed by atoms with Crippen molar-refractivity contribution in [3.63, 3.8) is 0 Å². The lowest BCUT2D eigenvalue weighted by Crippen LogP contribution is -2.29. The number of aromatic nitrogens is 2. The highest BCUT2D eigenvalue weighted by atomic mass is 79.9. The van der Waals surface area contributed by atoms with Gasteiger partial charge in [-0.1, -0.05) is 26.2 Å². The van der Waals surface area contributed by atoms with Crippen LogP contribution in [0, 0.1) is 5.41 Å². The van der Waals surface area contributed by atoms with E-state index >= 15 is 0 Å². The molecule has 1 fully saturated rings. The van der Waals surface area contributed by atoms with Crippen LogP contribution in [0.3, 0.4) is 0 Å². The minimum Gasteiger partial charge on any atom is -0.368 e. The quantitative estimate of drug-likeness (QED) is 0.846. The van der Waals surface area contributed by atoms with Crippen LogP contribution in [0.4, 0.5) is 5.82 Å². The van der Waals surface area contributed by atoms with Crippen molar-refractivity contribution in [3.8, 4) is 0 Å². The fraction of sp³-hybridized carbons (Fsp3) is 0.667. The highest BCUT2D eigenvalue weighted by Gasteiger charge is 2.26. The maximum atomic E-state index is 5.79. The third-order valence-corrected chi connectivity index (χ3v) is 4.22. The molecule has 0 amide bonds. The van der Waals surface area contributed by atoms with E-state index in [1.54, 1.807) is 6.20 Å². The predicted molar refractivity (Wildman–Crippen MR) is 74.4 cm³/mol. The van der Waals surface area contributed by atoms with Crippen molar-refractivity contribution >= 4 is 33.3 Å². The minimum absolute atomic E-state index is 0.282. The Hall–Kier alpha value is -0.350. The van der Waals surface area contributed by atoms with Gasteiger partial charge in [0.05, 0.1) is 4.47 Å². The average Bonchev–Trinajstić information content (AvgIpc) is 2.31. The second kappa shape index (κ2) is 5.53. The SMILES string of the molecule is CC1(CNc2nc(Cl)ncc2Br)CCCCC1. The van der Waals surface area contributed by atoms with Gasteiger partial charge in [0.25, 0.3) is 0 Å². The van der Waals surface area contributed by atoms with E-state index in [2.05, 4.69) is 38.1 Å². The van der Waals surface area contributed by atoms with Gasteiger partial charge in [-0.2, -0.15) is 4.98 Å². The van der Waals surface area contributed by atoms with Crippen LogP contribution in [0.15, 0.2) is 10.7 Å². The van der Waals surface area contributed by atoms with Crippen LogP contribution in [0.5, 0.6) is 0 Å². The molecule has 1 aliphatic carbocycles. The van der Waals surface area contributed by atoms with Gasteiger partial charge in [-0.25, -0.2) is 4.98 Å². The highest BCUT2D eigenvalue weighted by Crippen LogP contribution is 2.36. The molecular formula is C12H17BrClN3. The highest BCUT2D eigenvalue weighted by molar-refractivity contribution is 9.10. The van der Waals surface area contributed by atoms with Gasteiger partial charge in [-0.3, -0.25) is 0 Å². The molecule has 17 heavy (non-hydrogen) atoms. The maximum Gasteiger partial charge on any atom is 0.224 e.